The van der Waals surface area contributed by atoms with Crippen LogP contribution in [-0.2, 0) is 11.3 Å². The van der Waals surface area contributed by atoms with Crippen LogP contribution < -0.4 is 5.32 Å². The number of hydrogen-bond donors (Lipinski definition) is 1. The monoisotopic (exact) mass is 332 g/mol. The third-order valence-electron chi connectivity index (χ3n) is 4.55. The van der Waals surface area contributed by atoms with Crippen LogP contribution in [0.3, 0.4) is 0 Å². The van der Waals surface area contributed by atoms with E-state index in [1.807, 2.05) is 11.9 Å². The van der Waals surface area contributed by atoms with Gasteiger partial charge in [-0.2, -0.15) is 5.10 Å². The zero-order chi connectivity index (χ0) is 14.1. The lowest BCUT2D eigenvalue weighted by atomic mass is 9.98. The quantitative estimate of drug-likeness (QED) is 0.918. The van der Waals surface area contributed by atoms with Crippen LogP contribution in [0, 0.1) is 0 Å². The molecule has 3 heterocycles. The summed E-state index contributed by atoms with van der Waals surface area (Å²) in [5.74, 6) is 0.197. The minimum absolute atomic E-state index is 0. The van der Waals surface area contributed by atoms with Crippen LogP contribution in [0.4, 0.5) is 0 Å². The molecule has 5 nitrogen and oxygen atoms in total. The first-order valence-electron chi connectivity index (χ1n) is 7.31. The van der Waals surface area contributed by atoms with Crippen molar-refractivity contribution in [2.24, 2.45) is 0 Å². The Hall–Kier alpha value is -0.780. The van der Waals surface area contributed by atoms with Crippen molar-refractivity contribution in [2.75, 3.05) is 7.05 Å². The molecule has 2 aliphatic heterocycles. The maximum Gasteiger partial charge on any atom is 0.224 e. The molecule has 2 atom stereocenters. The van der Waals surface area contributed by atoms with Crippen molar-refractivity contribution in [1.29, 1.82) is 0 Å². The van der Waals surface area contributed by atoms with Gasteiger partial charge in [0.15, 0.2) is 0 Å². The van der Waals surface area contributed by atoms with E-state index in [-0.39, 0.29) is 18.3 Å². The second-order valence-corrected chi connectivity index (χ2v) is 6.38. The van der Waals surface area contributed by atoms with Gasteiger partial charge in [0.25, 0.3) is 0 Å². The van der Waals surface area contributed by atoms with Crippen molar-refractivity contribution in [1.82, 2.24) is 20.0 Å². The summed E-state index contributed by atoms with van der Waals surface area (Å²) in [7, 11) is 1.94. The van der Waals surface area contributed by atoms with E-state index in [0.29, 0.717) is 36.1 Å². The minimum atomic E-state index is 0. The summed E-state index contributed by atoms with van der Waals surface area (Å²) in [5, 5.41) is 8.32. The number of amides is 1. The van der Waals surface area contributed by atoms with E-state index in [1.165, 1.54) is 12.8 Å². The maximum absolute atomic E-state index is 12.3. The zero-order valence-corrected chi connectivity index (χ0v) is 13.7. The molecule has 1 aromatic heterocycles. The number of nitrogens with zero attached hydrogens (tertiary/aromatic N) is 3. The number of fused-ring (bicyclic) bond motifs is 2. The predicted octanol–water partition coefficient (Wildman–Crippen LogP) is 2.09. The van der Waals surface area contributed by atoms with Crippen LogP contribution in [0.2, 0.25) is 5.02 Å². The van der Waals surface area contributed by atoms with Crippen LogP contribution >= 0.6 is 24.0 Å². The molecule has 0 aromatic carbocycles. The highest BCUT2D eigenvalue weighted by atomic mass is 35.5. The van der Waals surface area contributed by atoms with E-state index in [4.69, 9.17) is 11.6 Å². The lowest BCUT2D eigenvalue weighted by Crippen LogP contribution is -2.48. The van der Waals surface area contributed by atoms with Crippen molar-refractivity contribution in [3.05, 3.63) is 17.4 Å². The standard InChI is InChI=1S/C14H21ClN4O.ClH/c1-18(13-6-11-2-3-12(7-13)17-11)14(20)4-5-19-9-10(15)8-16-19;/h8-9,11-13,17H,2-7H2,1H3;1H. The summed E-state index contributed by atoms with van der Waals surface area (Å²) in [5.41, 5.74) is 0. The van der Waals surface area contributed by atoms with E-state index < -0.39 is 0 Å². The third kappa shape index (κ3) is 3.90. The first-order chi connectivity index (χ1) is 9.61. The number of piperidine rings is 1. The zero-order valence-electron chi connectivity index (χ0n) is 12.2. The molecule has 1 amide bonds. The van der Waals surface area contributed by atoms with Crippen molar-refractivity contribution >= 4 is 29.9 Å². The molecule has 0 saturated carbocycles. The molecule has 7 heteroatoms. The fraction of sp³-hybridized carbons (Fsp3) is 0.714. The van der Waals surface area contributed by atoms with Crippen LogP contribution in [-0.4, -0.2) is 45.8 Å². The number of nitrogens with one attached hydrogen (secondary N) is 1. The lowest BCUT2D eigenvalue weighted by molar-refractivity contribution is -0.133. The van der Waals surface area contributed by atoms with Crippen molar-refractivity contribution in [3.8, 4) is 0 Å². The highest BCUT2D eigenvalue weighted by molar-refractivity contribution is 6.30. The van der Waals surface area contributed by atoms with Crippen LogP contribution in [0.25, 0.3) is 0 Å². The molecule has 0 radical (unpaired) electrons. The van der Waals surface area contributed by atoms with Crippen LogP contribution in [0.5, 0.6) is 0 Å². The molecule has 3 rings (SSSR count). The Kier molecular flexibility index (Phi) is 5.52. The summed E-state index contributed by atoms with van der Waals surface area (Å²) in [4.78, 5) is 14.2. The number of carbonyl (C=O) groups is 1. The molecular weight excluding hydrogens is 311 g/mol. The number of aryl methyl sites for hydroxylation is 1. The van der Waals surface area contributed by atoms with E-state index >= 15 is 0 Å². The Morgan fingerprint density at radius 2 is 2.14 bits per heavy atom. The minimum Gasteiger partial charge on any atom is -0.343 e. The van der Waals surface area contributed by atoms with Gasteiger partial charge in [0.1, 0.15) is 0 Å². The first kappa shape index (κ1) is 16.6. The third-order valence-corrected chi connectivity index (χ3v) is 4.74. The fourth-order valence-corrected chi connectivity index (χ4v) is 3.55. The molecule has 2 bridgehead atoms. The Morgan fingerprint density at radius 3 is 2.71 bits per heavy atom. The molecule has 0 aliphatic carbocycles. The molecule has 2 aliphatic rings. The molecule has 2 saturated heterocycles. The van der Waals surface area contributed by atoms with Gasteiger partial charge < -0.3 is 10.2 Å². The van der Waals surface area contributed by atoms with Gasteiger partial charge in [0.05, 0.1) is 11.2 Å². The van der Waals surface area contributed by atoms with Crippen molar-refractivity contribution in [2.45, 2.75) is 56.8 Å². The summed E-state index contributed by atoms with van der Waals surface area (Å²) in [6, 6.07) is 1.61. The van der Waals surface area contributed by atoms with Gasteiger partial charge in [-0.1, -0.05) is 11.6 Å². The molecular formula is C14H22Cl2N4O. The molecule has 21 heavy (non-hydrogen) atoms. The first-order valence-corrected chi connectivity index (χ1v) is 7.69. The van der Waals surface area contributed by atoms with Gasteiger partial charge in [-0.25, -0.2) is 0 Å². The summed E-state index contributed by atoms with van der Waals surface area (Å²) >= 11 is 5.81. The molecule has 1 aromatic rings. The normalized spacial score (nSPS) is 27.2. The van der Waals surface area contributed by atoms with Gasteiger partial charge in [-0.15, -0.1) is 12.4 Å². The van der Waals surface area contributed by atoms with Crippen LogP contribution in [0.1, 0.15) is 32.1 Å². The van der Waals surface area contributed by atoms with Crippen LogP contribution in [0.15, 0.2) is 12.4 Å². The van der Waals surface area contributed by atoms with E-state index in [1.54, 1.807) is 17.1 Å². The van der Waals surface area contributed by atoms with E-state index in [2.05, 4.69) is 10.4 Å². The number of hydrogen-bond acceptors (Lipinski definition) is 3. The number of halogens is 2. The number of aromatic nitrogens is 2. The molecule has 1 N–H and O–H groups in total. The smallest absolute Gasteiger partial charge is 0.224 e. The van der Waals surface area contributed by atoms with Crippen molar-refractivity contribution in [3.63, 3.8) is 0 Å². The Balaban J connectivity index is 0.00000161. The summed E-state index contributed by atoms with van der Waals surface area (Å²) in [6.07, 6.45) is 8.52. The average molecular weight is 333 g/mol. The Bertz CT molecular complexity index is 481. The average Bonchev–Trinajstić information content (AvgIpc) is 3.01. The van der Waals surface area contributed by atoms with Gasteiger partial charge in [-0.05, 0) is 25.7 Å². The van der Waals surface area contributed by atoms with Gasteiger partial charge >= 0.3 is 0 Å². The Labute approximate surface area is 136 Å². The second-order valence-electron chi connectivity index (χ2n) is 5.94. The number of rotatable bonds is 4. The maximum atomic E-state index is 12.3. The SMILES string of the molecule is CN(C(=O)CCn1cc(Cl)cn1)C1CC2CCC(C1)N2.Cl. The summed E-state index contributed by atoms with van der Waals surface area (Å²) in [6.45, 7) is 0.591. The van der Waals surface area contributed by atoms with E-state index in [0.717, 1.165) is 12.8 Å². The fourth-order valence-electron chi connectivity index (χ4n) is 3.39. The number of carbonyl (C=O) groups excluding carboxylic acids is 1. The van der Waals surface area contributed by atoms with Gasteiger partial charge in [-0.3, -0.25) is 9.48 Å². The Morgan fingerprint density at radius 1 is 1.48 bits per heavy atom. The van der Waals surface area contributed by atoms with Gasteiger partial charge in [0.2, 0.25) is 5.91 Å². The highest BCUT2D eigenvalue weighted by Crippen LogP contribution is 2.29. The van der Waals surface area contributed by atoms with Gasteiger partial charge in [0, 0.05) is 44.3 Å². The molecule has 2 fully saturated rings. The lowest BCUT2D eigenvalue weighted by Gasteiger charge is -2.35. The molecule has 2 unspecified atom stereocenters. The molecule has 0 spiro atoms. The largest absolute Gasteiger partial charge is 0.343 e. The molecule has 118 valence electrons. The predicted molar refractivity (Wildman–Crippen MR) is 84.8 cm³/mol. The summed E-state index contributed by atoms with van der Waals surface area (Å²) < 4.78 is 1.72. The highest BCUT2D eigenvalue weighted by Gasteiger charge is 2.36. The topological polar surface area (TPSA) is 50.2 Å². The second kappa shape index (κ2) is 6.99. The van der Waals surface area contributed by atoms with E-state index in [9.17, 15) is 4.79 Å². The van der Waals surface area contributed by atoms with Crippen molar-refractivity contribution < 1.29 is 4.79 Å².